The van der Waals surface area contributed by atoms with Gasteiger partial charge in [0.05, 0.1) is 11.7 Å². The minimum absolute atomic E-state index is 0.639. The molecule has 0 radical (unpaired) electrons. The zero-order valence-electron chi connectivity index (χ0n) is 9.49. The maximum absolute atomic E-state index is 5.55. The Morgan fingerprint density at radius 2 is 2.20 bits per heavy atom. The minimum Gasteiger partial charge on any atom is -0.330 e. The first-order chi connectivity index (χ1) is 7.24. The minimum atomic E-state index is 0.639. The van der Waals surface area contributed by atoms with E-state index < -0.39 is 0 Å². The largest absolute Gasteiger partial charge is 0.330 e. The normalized spacial score (nSPS) is 16.7. The number of hydrogen-bond donors (Lipinski definition) is 1. The summed E-state index contributed by atoms with van der Waals surface area (Å²) in [5.41, 5.74) is 9.51. The molecule has 0 saturated carbocycles. The van der Waals surface area contributed by atoms with Gasteiger partial charge in [0.25, 0.3) is 0 Å². The van der Waals surface area contributed by atoms with Crippen LogP contribution in [0.1, 0.15) is 29.4 Å². The molecule has 0 aromatic carbocycles. The van der Waals surface area contributed by atoms with Gasteiger partial charge in [0.15, 0.2) is 0 Å². The van der Waals surface area contributed by atoms with E-state index in [0.29, 0.717) is 6.04 Å². The number of nitrogens with two attached hydrogens (primary N) is 1. The molecule has 1 fully saturated rings. The van der Waals surface area contributed by atoms with Crippen molar-refractivity contribution >= 4 is 11.8 Å². The van der Waals surface area contributed by atoms with Gasteiger partial charge in [0.2, 0.25) is 0 Å². The van der Waals surface area contributed by atoms with Crippen LogP contribution in [0.5, 0.6) is 0 Å². The summed E-state index contributed by atoms with van der Waals surface area (Å²) >= 11 is 2.00. The Balaban J connectivity index is 2.18. The summed E-state index contributed by atoms with van der Waals surface area (Å²) in [6.45, 7) is 5.07. The topological polar surface area (TPSA) is 43.8 Å². The van der Waals surface area contributed by atoms with Crippen molar-refractivity contribution in [3.63, 3.8) is 0 Å². The molecule has 0 unspecified atom stereocenters. The highest BCUT2D eigenvalue weighted by molar-refractivity contribution is 8.00. The Kier molecular flexibility index (Phi) is 3.36. The van der Waals surface area contributed by atoms with Crippen molar-refractivity contribution < 1.29 is 0 Å². The number of rotatable bonds is 4. The highest BCUT2D eigenvalue weighted by Gasteiger charge is 2.24. The van der Waals surface area contributed by atoms with Crippen molar-refractivity contribution in [3.8, 4) is 0 Å². The second-order valence-electron chi connectivity index (χ2n) is 4.18. The number of hydrogen-bond acceptors (Lipinski definition) is 3. The van der Waals surface area contributed by atoms with Crippen LogP contribution in [0.4, 0.5) is 0 Å². The van der Waals surface area contributed by atoms with E-state index in [-0.39, 0.29) is 0 Å². The molecular formula is C11H19N3S. The van der Waals surface area contributed by atoms with Crippen LogP contribution in [0.2, 0.25) is 0 Å². The van der Waals surface area contributed by atoms with Crippen molar-refractivity contribution in [2.24, 2.45) is 5.73 Å². The van der Waals surface area contributed by atoms with Gasteiger partial charge in [-0.1, -0.05) is 0 Å². The Morgan fingerprint density at radius 1 is 1.47 bits per heavy atom. The standard InChI is InChI=1S/C11H19N3S/c1-8-11(4-3-5-12)9(2)14(13-8)10-6-15-7-10/h10H,3-7,12H2,1-2H3. The smallest absolute Gasteiger partial charge is 0.0703 e. The molecule has 0 spiro atoms. The fourth-order valence-electron chi connectivity index (χ4n) is 2.06. The lowest BCUT2D eigenvalue weighted by Crippen LogP contribution is -2.24. The third kappa shape index (κ3) is 2.06. The average Bonchev–Trinajstić information content (AvgIpc) is 2.38. The summed E-state index contributed by atoms with van der Waals surface area (Å²) in [4.78, 5) is 0. The van der Waals surface area contributed by atoms with E-state index in [2.05, 4.69) is 23.6 Å². The van der Waals surface area contributed by atoms with Crippen LogP contribution < -0.4 is 5.73 Å². The summed E-state index contributed by atoms with van der Waals surface area (Å²) in [5, 5.41) is 4.65. The lowest BCUT2D eigenvalue weighted by molar-refractivity contribution is 0.510. The van der Waals surface area contributed by atoms with Crippen LogP contribution in [0, 0.1) is 13.8 Å². The van der Waals surface area contributed by atoms with Gasteiger partial charge in [-0.15, -0.1) is 0 Å². The molecule has 0 bridgehead atoms. The van der Waals surface area contributed by atoms with Crippen LogP contribution >= 0.6 is 11.8 Å². The van der Waals surface area contributed by atoms with E-state index >= 15 is 0 Å². The molecule has 0 amide bonds. The quantitative estimate of drug-likeness (QED) is 0.848. The third-order valence-electron chi connectivity index (χ3n) is 3.07. The van der Waals surface area contributed by atoms with E-state index in [4.69, 9.17) is 5.73 Å². The summed E-state index contributed by atoms with van der Waals surface area (Å²) in [6, 6.07) is 0.639. The van der Waals surface area contributed by atoms with Crippen LogP contribution in [0.15, 0.2) is 0 Å². The fourth-order valence-corrected chi connectivity index (χ4v) is 2.79. The van der Waals surface area contributed by atoms with E-state index in [0.717, 1.165) is 19.4 Å². The number of thioether (sulfide) groups is 1. The summed E-state index contributed by atoms with van der Waals surface area (Å²) in [6.07, 6.45) is 2.14. The molecule has 15 heavy (non-hydrogen) atoms. The van der Waals surface area contributed by atoms with Gasteiger partial charge in [-0.3, -0.25) is 4.68 Å². The van der Waals surface area contributed by atoms with Gasteiger partial charge in [-0.2, -0.15) is 16.9 Å². The van der Waals surface area contributed by atoms with Crippen molar-refractivity contribution in [2.75, 3.05) is 18.1 Å². The van der Waals surface area contributed by atoms with E-state index in [9.17, 15) is 0 Å². The van der Waals surface area contributed by atoms with Gasteiger partial charge in [-0.05, 0) is 38.8 Å². The Hall–Kier alpha value is -0.480. The lowest BCUT2D eigenvalue weighted by atomic mass is 10.1. The van der Waals surface area contributed by atoms with E-state index in [1.807, 2.05) is 11.8 Å². The molecular weight excluding hydrogens is 206 g/mol. The van der Waals surface area contributed by atoms with E-state index in [1.165, 1.54) is 28.5 Å². The lowest BCUT2D eigenvalue weighted by Gasteiger charge is -2.26. The van der Waals surface area contributed by atoms with E-state index in [1.54, 1.807) is 0 Å². The van der Waals surface area contributed by atoms with Crippen molar-refractivity contribution in [1.82, 2.24) is 9.78 Å². The molecule has 1 saturated heterocycles. The molecule has 4 heteroatoms. The van der Waals surface area contributed by atoms with Gasteiger partial charge >= 0.3 is 0 Å². The van der Waals surface area contributed by atoms with Gasteiger partial charge in [0, 0.05) is 17.2 Å². The van der Waals surface area contributed by atoms with Crippen molar-refractivity contribution in [1.29, 1.82) is 0 Å². The molecule has 2 heterocycles. The molecule has 0 atom stereocenters. The van der Waals surface area contributed by atoms with Crippen molar-refractivity contribution in [3.05, 3.63) is 17.0 Å². The number of nitrogens with zero attached hydrogens (tertiary/aromatic N) is 2. The maximum atomic E-state index is 5.55. The van der Waals surface area contributed by atoms with Gasteiger partial charge < -0.3 is 5.73 Å². The highest BCUT2D eigenvalue weighted by atomic mass is 32.2. The van der Waals surface area contributed by atoms with Gasteiger partial charge in [-0.25, -0.2) is 0 Å². The van der Waals surface area contributed by atoms with Gasteiger partial charge in [0.1, 0.15) is 0 Å². The molecule has 2 rings (SSSR count). The summed E-state index contributed by atoms with van der Waals surface area (Å²) < 4.78 is 2.22. The zero-order valence-corrected chi connectivity index (χ0v) is 10.3. The SMILES string of the molecule is Cc1nn(C2CSC2)c(C)c1CCCN. The molecule has 1 aromatic heterocycles. The predicted molar refractivity (Wildman–Crippen MR) is 65.4 cm³/mol. The monoisotopic (exact) mass is 225 g/mol. The predicted octanol–water partition coefficient (Wildman–Crippen LogP) is 1.68. The molecule has 2 N–H and O–H groups in total. The number of aryl methyl sites for hydroxylation is 1. The second-order valence-corrected chi connectivity index (χ2v) is 5.25. The third-order valence-corrected chi connectivity index (χ3v) is 4.31. The maximum Gasteiger partial charge on any atom is 0.0703 e. The number of aromatic nitrogens is 2. The van der Waals surface area contributed by atoms with Crippen LogP contribution in [-0.2, 0) is 6.42 Å². The Labute approximate surface area is 95.4 Å². The molecule has 1 aliphatic rings. The van der Waals surface area contributed by atoms with Crippen molar-refractivity contribution in [2.45, 2.75) is 32.7 Å². The molecule has 1 aliphatic heterocycles. The molecule has 3 nitrogen and oxygen atoms in total. The average molecular weight is 225 g/mol. The highest BCUT2D eigenvalue weighted by Crippen LogP contribution is 2.31. The molecule has 1 aromatic rings. The molecule has 84 valence electrons. The van der Waals surface area contributed by atoms with Crippen LogP contribution in [-0.4, -0.2) is 27.8 Å². The Bertz CT molecular complexity index is 342. The summed E-state index contributed by atoms with van der Waals surface area (Å²) in [7, 11) is 0. The second kappa shape index (κ2) is 4.58. The fraction of sp³-hybridized carbons (Fsp3) is 0.727. The first-order valence-electron chi connectivity index (χ1n) is 5.56. The zero-order chi connectivity index (χ0) is 10.8. The first kappa shape index (κ1) is 11.0. The molecule has 0 aliphatic carbocycles. The Morgan fingerprint density at radius 3 is 2.73 bits per heavy atom. The van der Waals surface area contributed by atoms with Crippen LogP contribution in [0.25, 0.3) is 0 Å². The first-order valence-corrected chi connectivity index (χ1v) is 6.72. The van der Waals surface area contributed by atoms with Crippen LogP contribution in [0.3, 0.4) is 0 Å². The summed E-state index contributed by atoms with van der Waals surface area (Å²) in [5.74, 6) is 2.44.